The van der Waals surface area contributed by atoms with Crippen molar-refractivity contribution in [3.05, 3.63) is 12.4 Å². The van der Waals surface area contributed by atoms with Crippen LogP contribution in [0, 0.1) is 5.92 Å². The first-order valence-electron chi connectivity index (χ1n) is 6.10. The number of rotatable bonds is 7. The number of carbonyl (C=O) groups is 1. The van der Waals surface area contributed by atoms with E-state index in [0.29, 0.717) is 24.2 Å². The van der Waals surface area contributed by atoms with E-state index < -0.39 is 5.97 Å². The number of ether oxygens (including phenoxy) is 1. The van der Waals surface area contributed by atoms with Crippen LogP contribution in [0.1, 0.15) is 19.8 Å². The van der Waals surface area contributed by atoms with Gasteiger partial charge in [0.1, 0.15) is 18.7 Å². The molecule has 18 heavy (non-hydrogen) atoms. The van der Waals surface area contributed by atoms with Crippen molar-refractivity contribution in [1.29, 1.82) is 0 Å². The molecule has 0 radical (unpaired) electrons. The fraction of sp³-hybridized carbons (Fsp3) is 0.583. The molecule has 1 N–H and O–H groups in total. The van der Waals surface area contributed by atoms with E-state index in [1.807, 2.05) is 6.92 Å². The van der Waals surface area contributed by atoms with Gasteiger partial charge in [-0.3, -0.25) is 4.79 Å². The number of aromatic nitrogens is 2. The van der Waals surface area contributed by atoms with Crippen LogP contribution in [0.5, 0.6) is 5.88 Å². The minimum atomic E-state index is -0.854. The Hall–Kier alpha value is -1.85. The Balaban J connectivity index is 2.11. The van der Waals surface area contributed by atoms with Gasteiger partial charge in [-0.2, -0.15) is 0 Å². The van der Waals surface area contributed by atoms with Crippen molar-refractivity contribution in [2.24, 2.45) is 5.92 Å². The Bertz CT molecular complexity index is 421. The van der Waals surface area contributed by atoms with Crippen LogP contribution in [0.4, 0.5) is 5.82 Å². The highest BCUT2D eigenvalue weighted by Crippen LogP contribution is 2.31. The van der Waals surface area contributed by atoms with Crippen LogP contribution in [-0.2, 0) is 4.79 Å². The molecular formula is C12H17N3O3. The lowest BCUT2D eigenvalue weighted by Crippen LogP contribution is -2.32. The normalized spacial score (nSPS) is 14.3. The van der Waals surface area contributed by atoms with Crippen molar-refractivity contribution < 1.29 is 14.6 Å². The highest BCUT2D eigenvalue weighted by molar-refractivity contribution is 5.73. The molecular weight excluding hydrogens is 234 g/mol. The average Bonchev–Trinajstić information content (AvgIpc) is 3.12. The van der Waals surface area contributed by atoms with Crippen LogP contribution in [0.3, 0.4) is 0 Å². The maximum absolute atomic E-state index is 10.9. The summed E-state index contributed by atoms with van der Waals surface area (Å²) in [5.41, 5.74) is 0. The molecule has 0 saturated heterocycles. The molecule has 1 fully saturated rings. The summed E-state index contributed by atoms with van der Waals surface area (Å²) >= 11 is 0. The molecule has 0 unspecified atom stereocenters. The third kappa shape index (κ3) is 3.58. The van der Waals surface area contributed by atoms with Gasteiger partial charge < -0.3 is 14.7 Å². The van der Waals surface area contributed by atoms with Crippen LogP contribution in [0.2, 0.25) is 0 Å². The van der Waals surface area contributed by atoms with Gasteiger partial charge in [-0.25, -0.2) is 9.97 Å². The second kappa shape index (κ2) is 5.66. The molecule has 1 aliphatic carbocycles. The molecule has 0 aliphatic heterocycles. The standard InChI is InChI=1S/C12H17N3O3/c1-2-18-11-5-10(13-8-14-11)15(7-12(16)17)6-9-3-4-9/h5,8-9H,2-4,6-7H2,1H3,(H,16,17). The van der Waals surface area contributed by atoms with Gasteiger partial charge in [0.15, 0.2) is 0 Å². The zero-order valence-electron chi connectivity index (χ0n) is 10.4. The van der Waals surface area contributed by atoms with Crippen molar-refractivity contribution in [2.75, 3.05) is 24.6 Å². The third-order valence-electron chi connectivity index (χ3n) is 2.75. The summed E-state index contributed by atoms with van der Waals surface area (Å²) < 4.78 is 5.30. The number of hydrogen-bond acceptors (Lipinski definition) is 5. The molecule has 2 rings (SSSR count). The second-order valence-electron chi connectivity index (χ2n) is 4.37. The Morgan fingerprint density at radius 2 is 2.33 bits per heavy atom. The van der Waals surface area contributed by atoms with Gasteiger partial charge in [0, 0.05) is 12.6 Å². The quantitative estimate of drug-likeness (QED) is 0.784. The zero-order chi connectivity index (χ0) is 13.0. The van der Waals surface area contributed by atoms with Gasteiger partial charge in [-0.15, -0.1) is 0 Å². The van der Waals surface area contributed by atoms with E-state index in [1.165, 1.54) is 19.2 Å². The maximum Gasteiger partial charge on any atom is 0.323 e. The lowest BCUT2D eigenvalue weighted by atomic mass is 10.3. The predicted octanol–water partition coefficient (Wildman–Crippen LogP) is 1.18. The number of hydrogen-bond donors (Lipinski definition) is 1. The number of anilines is 1. The van der Waals surface area contributed by atoms with Crippen molar-refractivity contribution in [2.45, 2.75) is 19.8 Å². The van der Waals surface area contributed by atoms with Gasteiger partial charge in [0.05, 0.1) is 6.61 Å². The van der Waals surface area contributed by atoms with Gasteiger partial charge in [0.25, 0.3) is 0 Å². The first-order valence-corrected chi connectivity index (χ1v) is 6.10. The Labute approximate surface area is 106 Å². The van der Waals surface area contributed by atoms with E-state index in [1.54, 1.807) is 11.0 Å². The molecule has 0 bridgehead atoms. The summed E-state index contributed by atoms with van der Waals surface area (Å²) in [6.07, 6.45) is 3.74. The second-order valence-corrected chi connectivity index (χ2v) is 4.37. The number of carboxylic acids is 1. The topological polar surface area (TPSA) is 75.5 Å². The highest BCUT2D eigenvalue weighted by atomic mass is 16.5. The van der Waals surface area contributed by atoms with E-state index in [2.05, 4.69) is 9.97 Å². The molecule has 0 atom stereocenters. The molecule has 1 aromatic rings. The first kappa shape index (κ1) is 12.6. The smallest absolute Gasteiger partial charge is 0.323 e. The molecule has 1 saturated carbocycles. The maximum atomic E-state index is 10.9. The van der Waals surface area contributed by atoms with Crippen molar-refractivity contribution in [3.63, 3.8) is 0 Å². The molecule has 1 aromatic heterocycles. The summed E-state index contributed by atoms with van der Waals surface area (Å²) in [6.45, 7) is 3.09. The van der Waals surface area contributed by atoms with Crippen LogP contribution < -0.4 is 9.64 Å². The third-order valence-corrected chi connectivity index (χ3v) is 2.75. The molecule has 6 heteroatoms. The minimum absolute atomic E-state index is 0.0426. The molecule has 0 spiro atoms. The Morgan fingerprint density at radius 3 is 2.94 bits per heavy atom. The molecule has 0 amide bonds. The van der Waals surface area contributed by atoms with Gasteiger partial charge in [-0.05, 0) is 25.7 Å². The van der Waals surface area contributed by atoms with E-state index in [0.717, 1.165) is 6.54 Å². The summed E-state index contributed by atoms with van der Waals surface area (Å²) in [6, 6.07) is 1.69. The van der Waals surface area contributed by atoms with Crippen LogP contribution in [0.15, 0.2) is 12.4 Å². The van der Waals surface area contributed by atoms with Gasteiger partial charge in [0.2, 0.25) is 5.88 Å². The van der Waals surface area contributed by atoms with Crippen molar-refractivity contribution in [3.8, 4) is 5.88 Å². The molecule has 1 heterocycles. The fourth-order valence-corrected chi connectivity index (χ4v) is 1.74. The summed E-state index contributed by atoms with van der Waals surface area (Å²) in [7, 11) is 0. The zero-order valence-corrected chi connectivity index (χ0v) is 10.4. The van der Waals surface area contributed by atoms with Gasteiger partial charge in [-0.1, -0.05) is 0 Å². The molecule has 6 nitrogen and oxygen atoms in total. The Morgan fingerprint density at radius 1 is 1.56 bits per heavy atom. The largest absolute Gasteiger partial charge is 0.480 e. The lowest BCUT2D eigenvalue weighted by molar-refractivity contribution is -0.135. The highest BCUT2D eigenvalue weighted by Gasteiger charge is 2.26. The van der Waals surface area contributed by atoms with E-state index in [4.69, 9.17) is 9.84 Å². The van der Waals surface area contributed by atoms with E-state index in [-0.39, 0.29) is 6.54 Å². The minimum Gasteiger partial charge on any atom is -0.480 e. The van der Waals surface area contributed by atoms with Crippen LogP contribution in [-0.4, -0.2) is 40.7 Å². The average molecular weight is 251 g/mol. The summed E-state index contributed by atoms with van der Waals surface area (Å²) in [4.78, 5) is 20.8. The summed E-state index contributed by atoms with van der Waals surface area (Å²) in [5.74, 6) is 0.832. The van der Waals surface area contributed by atoms with Crippen LogP contribution in [0.25, 0.3) is 0 Å². The van der Waals surface area contributed by atoms with Crippen molar-refractivity contribution in [1.82, 2.24) is 9.97 Å². The van der Waals surface area contributed by atoms with E-state index in [9.17, 15) is 4.79 Å². The predicted molar refractivity (Wildman–Crippen MR) is 65.8 cm³/mol. The van der Waals surface area contributed by atoms with Crippen LogP contribution >= 0.6 is 0 Å². The first-order chi connectivity index (χ1) is 8.69. The monoisotopic (exact) mass is 251 g/mol. The SMILES string of the molecule is CCOc1cc(N(CC(=O)O)CC2CC2)ncn1. The van der Waals surface area contributed by atoms with Gasteiger partial charge >= 0.3 is 5.97 Å². The molecule has 98 valence electrons. The molecule has 0 aromatic carbocycles. The molecule has 1 aliphatic rings. The van der Waals surface area contributed by atoms with Crippen molar-refractivity contribution >= 4 is 11.8 Å². The fourth-order valence-electron chi connectivity index (χ4n) is 1.74. The lowest BCUT2D eigenvalue weighted by Gasteiger charge is -2.21. The van der Waals surface area contributed by atoms with E-state index >= 15 is 0 Å². The Kier molecular flexibility index (Phi) is 3.96. The summed E-state index contributed by atoms with van der Waals surface area (Å²) in [5, 5.41) is 8.93. The number of nitrogens with zero attached hydrogens (tertiary/aromatic N) is 3. The number of aliphatic carboxylic acids is 1. The number of carboxylic acid groups (broad SMARTS) is 1.